The highest BCUT2D eigenvalue weighted by atomic mass is 32.1. The zero-order valence-electron chi connectivity index (χ0n) is 13.4. The Hall–Kier alpha value is -3.13. The molecule has 0 spiro atoms. The smallest absolute Gasteiger partial charge is 0.338 e. The predicted octanol–water partition coefficient (Wildman–Crippen LogP) is 2.20. The maximum atomic E-state index is 11.9. The number of amides is 1. The molecule has 0 aliphatic carbocycles. The number of hydrogen-bond donors (Lipinski definition) is 4. The lowest BCUT2D eigenvalue weighted by molar-refractivity contribution is 0.0526. The maximum Gasteiger partial charge on any atom is 0.338 e. The molecule has 8 heteroatoms. The number of aromatic hydroxyl groups is 1. The lowest BCUT2D eigenvalue weighted by Crippen LogP contribution is -2.43. The number of nitrogens with one attached hydrogen (secondary N) is 3. The fourth-order valence-corrected chi connectivity index (χ4v) is 2.08. The number of anilines is 1. The highest BCUT2D eigenvalue weighted by Gasteiger charge is 2.10. The number of carbonyl (C=O) groups is 2. The molecule has 0 saturated heterocycles. The zero-order chi connectivity index (χ0) is 18.2. The molecule has 0 radical (unpaired) electrons. The summed E-state index contributed by atoms with van der Waals surface area (Å²) < 4.78 is 4.90. The molecule has 2 aromatic rings. The number of rotatable bonds is 4. The van der Waals surface area contributed by atoms with Crippen LogP contribution in [0.25, 0.3) is 0 Å². The number of ether oxygens (including phenoxy) is 1. The van der Waals surface area contributed by atoms with E-state index in [9.17, 15) is 14.7 Å². The van der Waals surface area contributed by atoms with E-state index in [2.05, 4.69) is 16.2 Å². The second kappa shape index (κ2) is 8.65. The van der Waals surface area contributed by atoms with Gasteiger partial charge in [-0.3, -0.25) is 15.6 Å². The molecule has 0 heterocycles. The van der Waals surface area contributed by atoms with Gasteiger partial charge in [-0.05, 0) is 55.5 Å². The first-order valence-corrected chi connectivity index (χ1v) is 7.84. The van der Waals surface area contributed by atoms with E-state index < -0.39 is 11.9 Å². The van der Waals surface area contributed by atoms with Crippen LogP contribution in [-0.4, -0.2) is 28.7 Å². The number of para-hydroxylation sites is 1. The van der Waals surface area contributed by atoms with Crippen LogP contribution < -0.4 is 16.2 Å². The van der Waals surface area contributed by atoms with E-state index in [0.29, 0.717) is 17.9 Å². The van der Waals surface area contributed by atoms with E-state index in [4.69, 9.17) is 17.0 Å². The van der Waals surface area contributed by atoms with E-state index in [1.165, 1.54) is 12.1 Å². The van der Waals surface area contributed by atoms with Gasteiger partial charge in [0, 0.05) is 5.69 Å². The first-order valence-electron chi connectivity index (χ1n) is 7.43. The van der Waals surface area contributed by atoms with Crippen LogP contribution in [0.5, 0.6) is 5.75 Å². The van der Waals surface area contributed by atoms with E-state index in [0.717, 1.165) is 0 Å². The highest BCUT2D eigenvalue weighted by molar-refractivity contribution is 7.80. The molecule has 1 amide bonds. The minimum atomic E-state index is -0.528. The van der Waals surface area contributed by atoms with Crippen molar-refractivity contribution in [2.75, 3.05) is 11.9 Å². The van der Waals surface area contributed by atoms with Gasteiger partial charge in [-0.25, -0.2) is 4.79 Å². The van der Waals surface area contributed by atoms with Crippen molar-refractivity contribution in [2.45, 2.75) is 6.92 Å². The highest BCUT2D eigenvalue weighted by Crippen LogP contribution is 2.14. The van der Waals surface area contributed by atoms with Crippen molar-refractivity contribution in [3.05, 3.63) is 59.7 Å². The first kappa shape index (κ1) is 18.2. The van der Waals surface area contributed by atoms with E-state index in [1.54, 1.807) is 43.3 Å². The van der Waals surface area contributed by atoms with Gasteiger partial charge in [-0.2, -0.15) is 0 Å². The Morgan fingerprint density at radius 3 is 2.40 bits per heavy atom. The summed E-state index contributed by atoms with van der Waals surface area (Å²) in [5.74, 6) is -1.06. The molecule has 0 aromatic heterocycles. The Labute approximate surface area is 150 Å². The molecule has 0 aliphatic heterocycles. The Bertz CT molecular complexity index is 778. The summed E-state index contributed by atoms with van der Waals surface area (Å²) in [7, 11) is 0. The molecule has 2 aromatic carbocycles. The largest absolute Gasteiger partial charge is 0.507 e. The maximum absolute atomic E-state index is 11.9. The Morgan fingerprint density at radius 1 is 1.08 bits per heavy atom. The summed E-state index contributed by atoms with van der Waals surface area (Å²) in [6.45, 7) is 2.05. The summed E-state index contributed by atoms with van der Waals surface area (Å²) in [6.07, 6.45) is 0. The van der Waals surface area contributed by atoms with Gasteiger partial charge in [0.2, 0.25) is 0 Å². The van der Waals surface area contributed by atoms with Crippen molar-refractivity contribution >= 4 is 34.9 Å². The molecular formula is C17H17N3O4S. The number of thiocarbonyl (C=S) groups is 1. The number of esters is 1. The molecule has 0 aliphatic rings. The predicted molar refractivity (Wildman–Crippen MR) is 97.3 cm³/mol. The average Bonchev–Trinajstić information content (AvgIpc) is 2.61. The third-order valence-corrected chi connectivity index (χ3v) is 3.30. The second-order valence-electron chi connectivity index (χ2n) is 4.85. The zero-order valence-corrected chi connectivity index (χ0v) is 14.2. The van der Waals surface area contributed by atoms with Crippen LogP contribution in [-0.2, 0) is 4.74 Å². The van der Waals surface area contributed by atoms with Crippen LogP contribution in [0, 0.1) is 0 Å². The summed E-state index contributed by atoms with van der Waals surface area (Å²) in [5, 5.41) is 12.6. The van der Waals surface area contributed by atoms with Crippen LogP contribution >= 0.6 is 12.2 Å². The normalized spacial score (nSPS) is 9.80. The Balaban J connectivity index is 1.87. The average molecular weight is 359 g/mol. The summed E-state index contributed by atoms with van der Waals surface area (Å²) >= 11 is 5.07. The quantitative estimate of drug-likeness (QED) is 0.377. The minimum Gasteiger partial charge on any atom is -0.507 e. The number of phenols is 1. The van der Waals surface area contributed by atoms with Crippen LogP contribution in [0.1, 0.15) is 27.6 Å². The molecule has 130 valence electrons. The standard InChI is InChI=1S/C17H17N3O4S/c1-2-24-16(23)11-7-9-12(10-8-11)18-17(25)20-19-15(22)13-5-3-4-6-14(13)21/h3-10,21H,2H2,1H3,(H,19,22)(H2,18,20,25). The summed E-state index contributed by atoms with van der Waals surface area (Å²) in [6, 6.07) is 12.7. The van der Waals surface area contributed by atoms with Gasteiger partial charge in [0.05, 0.1) is 17.7 Å². The molecule has 0 unspecified atom stereocenters. The van der Waals surface area contributed by atoms with Gasteiger partial charge in [-0.1, -0.05) is 12.1 Å². The fourth-order valence-electron chi connectivity index (χ4n) is 1.91. The Kier molecular flexibility index (Phi) is 6.30. The molecule has 4 N–H and O–H groups in total. The van der Waals surface area contributed by atoms with E-state index in [1.807, 2.05) is 0 Å². The van der Waals surface area contributed by atoms with Crippen molar-refractivity contribution in [2.24, 2.45) is 0 Å². The van der Waals surface area contributed by atoms with Gasteiger partial charge < -0.3 is 15.2 Å². The van der Waals surface area contributed by atoms with Crippen molar-refractivity contribution < 1.29 is 19.4 Å². The number of phenolic OH excluding ortho intramolecular Hbond substituents is 1. The number of benzene rings is 2. The van der Waals surface area contributed by atoms with E-state index in [-0.39, 0.29) is 16.4 Å². The molecule has 7 nitrogen and oxygen atoms in total. The summed E-state index contributed by atoms with van der Waals surface area (Å²) in [4.78, 5) is 23.5. The first-order chi connectivity index (χ1) is 12.0. The van der Waals surface area contributed by atoms with Gasteiger partial charge in [0.25, 0.3) is 5.91 Å². The van der Waals surface area contributed by atoms with Crippen LogP contribution in [0.15, 0.2) is 48.5 Å². The summed E-state index contributed by atoms with van der Waals surface area (Å²) in [5.41, 5.74) is 6.09. The molecular weight excluding hydrogens is 342 g/mol. The molecule has 0 fully saturated rings. The Morgan fingerprint density at radius 2 is 1.76 bits per heavy atom. The lowest BCUT2D eigenvalue weighted by Gasteiger charge is -2.12. The van der Waals surface area contributed by atoms with Gasteiger partial charge >= 0.3 is 5.97 Å². The van der Waals surface area contributed by atoms with Gasteiger partial charge in [0.1, 0.15) is 5.75 Å². The second-order valence-corrected chi connectivity index (χ2v) is 5.26. The molecule has 25 heavy (non-hydrogen) atoms. The number of hydrazine groups is 1. The van der Waals surface area contributed by atoms with Gasteiger partial charge in [-0.15, -0.1) is 0 Å². The van der Waals surface area contributed by atoms with Crippen molar-refractivity contribution in [3.8, 4) is 5.75 Å². The molecule has 0 atom stereocenters. The topological polar surface area (TPSA) is 99.7 Å². The SMILES string of the molecule is CCOC(=O)c1ccc(NC(=S)NNC(=O)c2ccccc2O)cc1. The number of carbonyl (C=O) groups excluding carboxylic acids is 2. The molecule has 2 rings (SSSR count). The number of hydrogen-bond acceptors (Lipinski definition) is 5. The van der Waals surface area contributed by atoms with E-state index >= 15 is 0 Å². The van der Waals surface area contributed by atoms with Crippen LogP contribution in [0.2, 0.25) is 0 Å². The third kappa shape index (κ3) is 5.18. The lowest BCUT2D eigenvalue weighted by atomic mass is 10.2. The van der Waals surface area contributed by atoms with Crippen molar-refractivity contribution in [1.82, 2.24) is 10.9 Å². The molecule has 0 bridgehead atoms. The van der Waals surface area contributed by atoms with Crippen molar-refractivity contribution in [1.29, 1.82) is 0 Å². The monoisotopic (exact) mass is 359 g/mol. The van der Waals surface area contributed by atoms with Crippen LogP contribution in [0.4, 0.5) is 5.69 Å². The van der Waals surface area contributed by atoms with Crippen molar-refractivity contribution in [3.63, 3.8) is 0 Å². The minimum absolute atomic E-state index is 0.122. The third-order valence-electron chi connectivity index (χ3n) is 3.09. The fraction of sp³-hybridized carbons (Fsp3) is 0.118. The molecule has 0 saturated carbocycles. The van der Waals surface area contributed by atoms with Crippen LogP contribution in [0.3, 0.4) is 0 Å². The van der Waals surface area contributed by atoms with Gasteiger partial charge in [0.15, 0.2) is 5.11 Å².